The van der Waals surface area contributed by atoms with Crippen molar-refractivity contribution in [3.63, 3.8) is 0 Å². The lowest BCUT2D eigenvalue weighted by molar-refractivity contribution is -0.130. The number of halogens is 1. The fraction of sp³-hybridized carbons (Fsp3) is 0.529. The highest BCUT2D eigenvalue weighted by atomic mass is 35.5. The Morgan fingerprint density at radius 3 is 2.17 bits per heavy atom. The molecular formula is C17H26ClN3O3. The number of nitrogens with one attached hydrogen (secondary N) is 3. The fourth-order valence-electron chi connectivity index (χ4n) is 2.77. The molecule has 0 atom stereocenters. The molecule has 3 N–H and O–H groups in total. The number of carbonyl (C=O) groups excluding carboxylic acids is 2. The first-order chi connectivity index (χ1) is 11.1. The van der Waals surface area contributed by atoms with Gasteiger partial charge in [0.2, 0.25) is 11.8 Å². The zero-order valence-electron chi connectivity index (χ0n) is 14.2. The van der Waals surface area contributed by atoms with E-state index in [1.54, 1.807) is 38.3 Å². The molecule has 0 saturated carbocycles. The van der Waals surface area contributed by atoms with E-state index in [0.29, 0.717) is 13.0 Å². The zero-order valence-corrected chi connectivity index (χ0v) is 15.0. The second-order valence-electron chi connectivity index (χ2n) is 5.90. The Labute approximate surface area is 149 Å². The van der Waals surface area contributed by atoms with Crippen molar-refractivity contribution in [3.05, 3.63) is 24.3 Å². The lowest BCUT2D eigenvalue weighted by Crippen LogP contribution is -2.47. The first-order valence-corrected chi connectivity index (χ1v) is 8.00. The van der Waals surface area contributed by atoms with Gasteiger partial charge in [-0.05, 0) is 50.2 Å². The van der Waals surface area contributed by atoms with E-state index >= 15 is 0 Å². The molecule has 0 unspecified atom stereocenters. The van der Waals surface area contributed by atoms with Crippen LogP contribution in [-0.2, 0) is 14.3 Å². The number of carbonyl (C=O) groups is 2. The number of ether oxygens (including phenoxy) is 1. The van der Waals surface area contributed by atoms with Gasteiger partial charge in [-0.1, -0.05) is 6.92 Å². The quantitative estimate of drug-likeness (QED) is 0.732. The van der Waals surface area contributed by atoms with Gasteiger partial charge >= 0.3 is 0 Å². The molecule has 1 aromatic carbocycles. The van der Waals surface area contributed by atoms with Gasteiger partial charge in [-0.3, -0.25) is 9.59 Å². The summed E-state index contributed by atoms with van der Waals surface area (Å²) in [6.07, 6.45) is 1.96. The second-order valence-corrected chi connectivity index (χ2v) is 5.90. The summed E-state index contributed by atoms with van der Waals surface area (Å²) >= 11 is 0. The van der Waals surface area contributed by atoms with Gasteiger partial charge in [0.25, 0.3) is 0 Å². The highest BCUT2D eigenvalue weighted by Crippen LogP contribution is 2.31. The molecule has 134 valence electrons. The van der Waals surface area contributed by atoms with Crippen molar-refractivity contribution in [3.8, 4) is 0 Å². The van der Waals surface area contributed by atoms with Gasteiger partial charge in [0.05, 0.1) is 12.0 Å². The number of hydrogen-bond donors (Lipinski definition) is 3. The monoisotopic (exact) mass is 355 g/mol. The number of anilines is 2. The third-order valence-corrected chi connectivity index (χ3v) is 4.21. The van der Waals surface area contributed by atoms with Crippen LogP contribution in [0.3, 0.4) is 0 Å². The third-order valence-electron chi connectivity index (χ3n) is 4.21. The van der Waals surface area contributed by atoms with Crippen molar-refractivity contribution in [1.82, 2.24) is 5.32 Å². The Morgan fingerprint density at radius 1 is 1.12 bits per heavy atom. The smallest absolute Gasteiger partial charge is 0.233 e. The van der Waals surface area contributed by atoms with E-state index in [9.17, 15) is 9.59 Å². The van der Waals surface area contributed by atoms with E-state index in [2.05, 4.69) is 16.0 Å². The van der Waals surface area contributed by atoms with E-state index in [0.717, 1.165) is 37.3 Å². The minimum absolute atomic E-state index is 0. The van der Waals surface area contributed by atoms with Crippen LogP contribution in [-0.4, -0.2) is 38.6 Å². The van der Waals surface area contributed by atoms with Crippen molar-refractivity contribution in [2.24, 2.45) is 5.41 Å². The molecular weight excluding hydrogens is 330 g/mol. The summed E-state index contributed by atoms with van der Waals surface area (Å²) in [6.45, 7) is 3.86. The average Bonchev–Trinajstić information content (AvgIpc) is 2.57. The molecule has 1 aliphatic heterocycles. The van der Waals surface area contributed by atoms with Crippen molar-refractivity contribution in [2.75, 3.05) is 37.4 Å². The average molecular weight is 356 g/mol. The van der Waals surface area contributed by atoms with Gasteiger partial charge in [0.1, 0.15) is 0 Å². The Bertz CT molecular complexity index is 537. The van der Waals surface area contributed by atoms with E-state index in [1.165, 1.54) is 0 Å². The summed E-state index contributed by atoms with van der Waals surface area (Å²) in [7, 11) is 1.63. The molecule has 0 spiro atoms. The van der Waals surface area contributed by atoms with Crippen molar-refractivity contribution in [2.45, 2.75) is 26.2 Å². The van der Waals surface area contributed by atoms with Crippen molar-refractivity contribution in [1.29, 1.82) is 0 Å². The van der Waals surface area contributed by atoms with Crippen LogP contribution in [0.15, 0.2) is 24.3 Å². The fourth-order valence-corrected chi connectivity index (χ4v) is 2.77. The molecule has 1 fully saturated rings. The first kappa shape index (κ1) is 20.4. The molecule has 0 radical (unpaired) electrons. The minimum atomic E-state index is -0.477. The van der Waals surface area contributed by atoms with Gasteiger partial charge in [-0.2, -0.15) is 0 Å². The maximum Gasteiger partial charge on any atom is 0.233 e. The van der Waals surface area contributed by atoms with Crippen LogP contribution in [0, 0.1) is 5.41 Å². The molecule has 0 aliphatic carbocycles. The maximum absolute atomic E-state index is 12.7. The number of benzene rings is 1. The van der Waals surface area contributed by atoms with E-state index in [-0.39, 0.29) is 24.2 Å². The molecule has 1 aliphatic rings. The van der Waals surface area contributed by atoms with E-state index < -0.39 is 5.41 Å². The Balaban J connectivity index is 0.00000288. The van der Waals surface area contributed by atoms with Crippen LogP contribution in [0.1, 0.15) is 26.2 Å². The highest BCUT2D eigenvalue weighted by Gasteiger charge is 2.39. The summed E-state index contributed by atoms with van der Waals surface area (Å²) in [5, 5.41) is 9.03. The number of rotatable bonds is 6. The van der Waals surface area contributed by atoms with Crippen LogP contribution < -0.4 is 16.0 Å². The summed E-state index contributed by atoms with van der Waals surface area (Å²) in [4.78, 5) is 24.1. The molecule has 1 aromatic rings. The van der Waals surface area contributed by atoms with Crippen LogP contribution in [0.2, 0.25) is 0 Å². The van der Waals surface area contributed by atoms with Gasteiger partial charge in [-0.25, -0.2) is 0 Å². The van der Waals surface area contributed by atoms with Gasteiger partial charge in [0, 0.05) is 24.9 Å². The minimum Gasteiger partial charge on any atom is -0.384 e. The lowest BCUT2D eigenvalue weighted by atomic mass is 9.78. The molecule has 2 rings (SSSR count). The Morgan fingerprint density at radius 2 is 1.67 bits per heavy atom. The van der Waals surface area contributed by atoms with E-state index in [1.807, 2.05) is 0 Å². The molecule has 1 heterocycles. The first-order valence-electron chi connectivity index (χ1n) is 8.00. The van der Waals surface area contributed by atoms with Crippen molar-refractivity contribution < 1.29 is 14.3 Å². The molecule has 2 amide bonds. The van der Waals surface area contributed by atoms with Gasteiger partial charge < -0.3 is 20.7 Å². The van der Waals surface area contributed by atoms with Crippen LogP contribution in [0.4, 0.5) is 11.4 Å². The molecule has 6 nitrogen and oxygen atoms in total. The highest BCUT2D eigenvalue weighted by molar-refractivity contribution is 5.96. The molecule has 0 aromatic heterocycles. The normalized spacial score (nSPS) is 15.9. The standard InChI is InChI=1S/C17H25N3O3.ClH/c1-3-15(21)19-13-4-6-14(7-5-13)20-16(22)17(12-23-2)8-10-18-11-9-17;/h4-7,18H,3,8-12H2,1-2H3,(H,19,21)(H,20,22);1H. The lowest BCUT2D eigenvalue weighted by Gasteiger charge is -2.35. The van der Waals surface area contributed by atoms with Crippen molar-refractivity contribution >= 4 is 35.6 Å². The summed E-state index contributed by atoms with van der Waals surface area (Å²) < 4.78 is 5.28. The van der Waals surface area contributed by atoms with E-state index in [4.69, 9.17) is 4.74 Å². The Kier molecular flexibility index (Phi) is 8.18. The zero-order chi connectivity index (χ0) is 16.7. The van der Waals surface area contributed by atoms with Gasteiger partial charge in [-0.15, -0.1) is 12.4 Å². The maximum atomic E-state index is 12.7. The predicted molar refractivity (Wildman–Crippen MR) is 97.7 cm³/mol. The second kappa shape index (κ2) is 9.61. The Hall–Kier alpha value is -1.63. The third kappa shape index (κ3) is 5.19. The summed E-state index contributed by atoms with van der Waals surface area (Å²) in [5.74, 6) is -0.0401. The summed E-state index contributed by atoms with van der Waals surface area (Å²) in [6, 6.07) is 7.17. The molecule has 7 heteroatoms. The number of hydrogen-bond acceptors (Lipinski definition) is 4. The van der Waals surface area contributed by atoms with Gasteiger partial charge in [0.15, 0.2) is 0 Å². The number of piperidine rings is 1. The largest absolute Gasteiger partial charge is 0.384 e. The predicted octanol–water partition coefficient (Wildman–Crippen LogP) is 2.41. The van der Waals surface area contributed by atoms with Crippen LogP contribution >= 0.6 is 12.4 Å². The topological polar surface area (TPSA) is 79.5 Å². The number of amides is 2. The summed E-state index contributed by atoms with van der Waals surface area (Å²) in [5.41, 5.74) is 0.969. The van der Waals surface area contributed by atoms with Crippen LogP contribution in [0.25, 0.3) is 0 Å². The number of methoxy groups -OCH3 is 1. The molecule has 0 bridgehead atoms. The SMILES string of the molecule is CCC(=O)Nc1ccc(NC(=O)C2(COC)CCNCC2)cc1.Cl. The molecule has 1 saturated heterocycles. The van der Waals surface area contributed by atoms with Crippen LogP contribution in [0.5, 0.6) is 0 Å². The molecule has 24 heavy (non-hydrogen) atoms.